The van der Waals surface area contributed by atoms with E-state index in [9.17, 15) is 9.18 Å². The van der Waals surface area contributed by atoms with Gasteiger partial charge in [0.05, 0.1) is 12.1 Å². The second-order valence-corrected chi connectivity index (χ2v) is 7.78. The van der Waals surface area contributed by atoms with Crippen LogP contribution < -0.4 is 5.32 Å². The molecule has 0 spiro atoms. The lowest BCUT2D eigenvalue weighted by atomic mass is 9.93. The van der Waals surface area contributed by atoms with Gasteiger partial charge < -0.3 is 10.2 Å². The first kappa shape index (κ1) is 17.7. The molecule has 3 nitrogen and oxygen atoms in total. The highest BCUT2D eigenvalue weighted by Gasteiger charge is 2.33. The lowest BCUT2D eigenvalue weighted by Gasteiger charge is -2.37. The van der Waals surface area contributed by atoms with E-state index >= 15 is 0 Å². The molecule has 138 valence electrons. The van der Waals surface area contributed by atoms with Gasteiger partial charge in [0.1, 0.15) is 5.82 Å². The maximum Gasteiger partial charge on any atom is 0.318 e. The van der Waals surface area contributed by atoms with Gasteiger partial charge in [-0.15, -0.1) is 11.3 Å². The fourth-order valence-electron chi connectivity index (χ4n) is 3.63. The third-order valence-electron chi connectivity index (χ3n) is 5.05. The van der Waals surface area contributed by atoms with E-state index in [1.807, 2.05) is 30.0 Å². The Bertz CT molecular complexity index is 923. The number of thiophene rings is 1. The molecule has 3 aromatic rings. The van der Waals surface area contributed by atoms with Crippen LogP contribution in [0.3, 0.4) is 0 Å². The molecule has 5 heteroatoms. The second kappa shape index (κ2) is 7.53. The Hall–Kier alpha value is -2.66. The van der Waals surface area contributed by atoms with E-state index in [0.29, 0.717) is 6.54 Å². The van der Waals surface area contributed by atoms with Crippen molar-refractivity contribution in [2.45, 2.75) is 25.4 Å². The van der Waals surface area contributed by atoms with Crippen LogP contribution >= 0.6 is 11.3 Å². The van der Waals surface area contributed by atoms with Crippen molar-refractivity contribution in [1.82, 2.24) is 10.2 Å². The number of nitrogens with zero attached hydrogens (tertiary/aromatic N) is 1. The van der Waals surface area contributed by atoms with Crippen LogP contribution in [0.5, 0.6) is 0 Å². The predicted octanol–water partition coefficient (Wildman–Crippen LogP) is 5.31. The molecule has 0 aliphatic carbocycles. The molecule has 2 heterocycles. The van der Waals surface area contributed by atoms with Crippen molar-refractivity contribution in [2.24, 2.45) is 0 Å². The van der Waals surface area contributed by atoms with Crippen LogP contribution in [0.4, 0.5) is 9.18 Å². The van der Waals surface area contributed by atoms with Gasteiger partial charge in [0.25, 0.3) is 0 Å². The van der Waals surface area contributed by atoms with Gasteiger partial charge >= 0.3 is 6.03 Å². The number of halogens is 1. The van der Waals surface area contributed by atoms with Gasteiger partial charge in [0.15, 0.2) is 0 Å². The molecule has 1 aromatic heterocycles. The molecular weight excluding hydrogens is 359 g/mol. The van der Waals surface area contributed by atoms with Crippen molar-refractivity contribution in [3.63, 3.8) is 0 Å². The number of fused-ring (bicyclic) bond motifs is 1. The Labute approximate surface area is 162 Å². The summed E-state index contributed by atoms with van der Waals surface area (Å²) in [5.41, 5.74) is 3.21. The highest BCUT2D eigenvalue weighted by Crippen LogP contribution is 2.37. The molecule has 1 aliphatic rings. The number of nitrogens with one attached hydrogen (secondary N) is 1. The van der Waals surface area contributed by atoms with Crippen molar-refractivity contribution in [3.05, 3.63) is 93.4 Å². The Morgan fingerprint density at radius 2 is 1.89 bits per heavy atom. The second-order valence-electron chi connectivity index (χ2n) is 6.78. The molecule has 1 aliphatic heterocycles. The minimum Gasteiger partial charge on any atom is -0.331 e. The molecule has 1 N–H and O–H groups in total. The third kappa shape index (κ3) is 3.60. The normalized spacial score (nSPS) is 17.3. The third-order valence-corrected chi connectivity index (χ3v) is 6.05. The van der Waals surface area contributed by atoms with Gasteiger partial charge in [-0.3, -0.25) is 0 Å². The summed E-state index contributed by atoms with van der Waals surface area (Å²) in [5.74, 6) is -0.276. The van der Waals surface area contributed by atoms with Crippen LogP contribution in [0.15, 0.2) is 66.0 Å². The fourth-order valence-corrected chi connectivity index (χ4v) is 4.54. The number of carbonyl (C=O) groups is 1. The zero-order chi connectivity index (χ0) is 18.8. The maximum absolute atomic E-state index is 13.2. The SMILES string of the molecule is C[C@@H](NC(=O)N1CCc2sccc2[C@H]1c1ccccc1)c1ccc(F)cc1. The zero-order valence-corrected chi connectivity index (χ0v) is 15.9. The summed E-state index contributed by atoms with van der Waals surface area (Å²) < 4.78 is 13.2. The molecule has 0 unspecified atom stereocenters. The van der Waals surface area contributed by atoms with E-state index < -0.39 is 0 Å². The van der Waals surface area contributed by atoms with Crippen molar-refractivity contribution in [1.29, 1.82) is 0 Å². The average Bonchev–Trinajstić information content (AvgIpc) is 3.17. The van der Waals surface area contributed by atoms with Gasteiger partial charge in [-0.1, -0.05) is 42.5 Å². The Morgan fingerprint density at radius 1 is 1.15 bits per heavy atom. The van der Waals surface area contributed by atoms with Gasteiger partial charge in [-0.2, -0.15) is 0 Å². The van der Waals surface area contributed by atoms with Crippen LogP contribution in [-0.2, 0) is 6.42 Å². The van der Waals surface area contributed by atoms with Gasteiger partial charge in [-0.05, 0) is 53.6 Å². The number of amides is 2. The summed E-state index contributed by atoms with van der Waals surface area (Å²) in [5, 5.41) is 5.18. The molecule has 4 rings (SSSR count). The number of carbonyl (C=O) groups excluding carboxylic acids is 1. The van der Waals surface area contributed by atoms with E-state index in [0.717, 1.165) is 17.5 Å². The van der Waals surface area contributed by atoms with E-state index in [4.69, 9.17) is 0 Å². The lowest BCUT2D eigenvalue weighted by molar-refractivity contribution is 0.177. The van der Waals surface area contributed by atoms with Crippen molar-refractivity contribution in [3.8, 4) is 0 Å². The molecule has 2 atom stereocenters. The quantitative estimate of drug-likeness (QED) is 0.656. The Kier molecular flexibility index (Phi) is 4.94. The van der Waals surface area contributed by atoms with Gasteiger partial charge in [0, 0.05) is 11.4 Å². The number of hydrogen-bond donors (Lipinski definition) is 1. The number of rotatable bonds is 3. The molecule has 0 bridgehead atoms. The molecule has 0 saturated heterocycles. The lowest BCUT2D eigenvalue weighted by Crippen LogP contribution is -2.46. The first-order valence-corrected chi connectivity index (χ1v) is 9.95. The minimum atomic E-state index is -0.276. The minimum absolute atomic E-state index is 0.0818. The van der Waals surface area contributed by atoms with Gasteiger partial charge in [0.2, 0.25) is 0 Å². The first-order chi connectivity index (χ1) is 13.1. The maximum atomic E-state index is 13.2. The molecule has 27 heavy (non-hydrogen) atoms. The zero-order valence-electron chi connectivity index (χ0n) is 15.1. The summed E-state index contributed by atoms with van der Waals surface area (Å²) in [6.07, 6.45) is 0.870. The van der Waals surface area contributed by atoms with Crippen LogP contribution in [0.1, 0.15) is 40.6 Å². The predicted molar refractivity (Wildman–Crippen MR) is 106 cm³/mol. The summed E-state index contributed by atoms with van der Waals surface area (Å²) in [6, 6.07) is 18.2. The molecule has 0 radical (unpaired) electrons. The summed E-state index contributed by atoms with van der Waals surface area (Å²) in [6.45, 7) is 2.59. The van der Waals surface area contributed by atoms with Crippen LogP contribution in [0.25, 0.3) is 0 Å². The fraction of sp³-hybridized carbons (Fsp3) is 0.227. The van der Waals surface area contributed by atoms with Crippen LogP contribution in [0, 0.1) is 5.82 Å². The van der Waals surface area contributed by atoms with Crippen molar-refractivity contribution < 1.29 is 9.18 Å². The molecule has 2 aromatic carbocycles. The largest absolute Gasteiger partial charge is 0.331 e. The Morgan fingerprint density at radius 3 is 2.63 bits per heavy atom. The topological polar surface area (TPSA) is 32.3 Å². The highest BCUT2D eigenvalue weighted by molar-refractivity contribution is 7.10. The first-order valence-electron chi connectivity index (χ1n) is 9.07. The number of benzene rings is 2. The van der Waals surface area contributed by atoms with E-state index in [2.05, 4.69) is 28.9 Å². The van der Waals surface area contributed by atoms with Gasteiger partial charge in [-0.25, -0.2) is 9.18 Å². The monoisotopic (exact) mass is 380 g/mol. The number of hydrogen-bond acceptors (Lipinski definition) is 2. The van der Waals surface area contributed by atoms with Crippen LogP contribution in [0.2, 0.25) is 0 Å². The van der Waals surface area contributed by atoms with Crippen LogP contribution in [-0.4, -0.2) is 17.5 Å². The van der Waals surface area contributed by atoms with Crippen molar-refractivity contribution >= 4 is 17.4 Å². The van der Waals surface area contributed by atoms with Crippen molar-refractivity contribution in [2.75, 3.05) is 6.54 Å². The molecular formula is C22H21FN2OS. The average molecular weight is 380 g/mol. The Balaban J connectivity index is 1.59. The molecule has 0 saturated carbocycles. The van der Waals surface area contributed by atoms with E-state index in [1.165, 1.54) is 22.6 Å². The highest BCUT2D eigenvalue weighted by atomic mass is 32.1. The summed E-state index contributed by atoms with van der Waals surface area (Å²) in [4.78, 5) is 16.4. The number of urea groups is 1. The molecule has 0 fully saturated rings. The standard InChI is InChI=1S/C22H21FN2OS/c1-15(16-7-9-18(23)10-8-16)24-22(26)25-13-11-20-19(12-14-27-20)21(25)17-5-3-2-4-6-17/h2-10,12,14-15,21H,11,13H2,1H3,(H,24,26)/t15-,21-/m1/s1. The molecule has 2 amide bonds. The van der Waals surface area contributed by atoms with E-state index in [1.54, 1.807) is 23.5 Å². The summed E-state index contributed by atoms with van der Waals surface area (Å²) in [7, 11) is 0. The smallest absolute Gasteiger partial charge is 0.318 e. The summed E-state index contributed by atoms with van der Waals surface area (Å²) >= 11 is 1.76. The van der Waals surface area contributed by atoms with E-state index in [-0.39, 0.29) is 23.9 Å².